The quantitative estimate of drug-likeness (QED) is 0.816. The van der Waals surface area contributed by atoms with Gasteiger partial charge in [0.15, 0.2) is 5.13 Å². The summed E-state index contributed by atoms with van der Waals surface area (Å²) in [4.78, 5) is 22.0. The van der Waals surface area contributed by atoms with E-state index in [1.165, 1.54) is 4.70 Å². The van der Waals surface area contributed by atoms with E-state index in [0.29, 0.717) is 11.9 Å². The molecule has 3 heterocycles. The molecule has 2 fully saturated rings. The number of para-hydroxylation sites is 1. The zero-order valence-electron chi connectivity index (χ0n) is 14.9. The van der Waals surface area contributed by atoms with Gasteiger partial charge in [-0.3, -0.25) is 4.79 Å². The van der Waals surface area contributed by atoms with Gasteiger partial charge in [0.05, 0.1) is 10.2 Å². The summed E-state index contributed by atoms with van der Waals surface area (Å²) in [5.41, 5.74) is 1.07. The molecule has 8 heteroatoms. The zero-order chi connectivity index (χ0) is 16.5. The molecule has 4 rings (SSSR count). The van der Waals surface area contributed by atoms with Crippen molar-refractivity contribution in [3.8, 4) is 0 Å². The summed E-state index contributed by atoms with van der Waals surface area (Å²) >= 11 is 1.75. The van der Waals surface area contributed by atoms with Gasteiger partial charge in [-0.05, 0) is 31.9 Å². The highest BCUT2D eigenvalue weighted by Gasteiger charge is 2.32. The number of hydrogen-bond acceptors (Lipinski definition) is 5. The van der Waals surface area contributed by atoms with Crippen LogP contribution in [-0.2, 0) is 4.79 Å². The van der Waals surface area contributed by atoms with Gasteiger partial charge in [0, 0.05) is 44.7 Å². The van der Waals surface area contributed by atoms with Crippen LogP contribution in [0.1, 0.15) is 19.8 Å². The van der Waals surface area contributed by atoms with E-state index >= 15 is 0 Å². The van der Waals surface area contributed by atoms with Crippen LogP contribution < -0.4 is 10.2 Å². The number of nitrogens with one attached hydrogen (secondary N) is 1. The first-order valence-corrected chi connectivity index (χ1v) is 9.66. The standard InChI is InChI=1S/C18H24N4OS.2ClH/c1-13-12-19-8-11-22(13)17(23)14-6-9-21(10-7-14)18-20-15-4-2-3-5-16(15)24-18;;/h2-5,13-14,19H,6-12H2,1H3;2*1H/t13-;;/m1../s1. The summed E-state index contributed by atoms with van der Waals surface area (Å²) in [5.74, 6) is 0.532. The molecule has 2 aliphatic rings. The molecule has 0 aliphatic carbocycles. The number of piperazine rings is 1. The van der Waals surface area contributed by atoms with E-state index in [2.05, 4.69) is 40.2 Å². The zero-order valence-corrected chi connectivity index (χ0v) is 17.3. The number of aromatic nitrogens is 1. The van der Waals surface area contributed by atoms with Crippen LogP contribution in [0.4, 0.5) is 5.13 Å². The molecule has 0 spiro atoms. The SMILES string of the molecule is C[C@@H]1CNCCN1C(=O)C1CCN(c2nc3ccccc3s2)CC1.Cl.Cl. The Kier molecular flexibility index (Phi) is 7.52. The molecule has 2 saturated heterocycles. The van der Waals surface area contributed by atoms with Crippen LogP contribution in [0.25, 0.3) is 10.2 Å². The largest absolute Gasteiger partial charge is 0.348 e. The third-order valence-electron chi connectivity index (χ3n) is 5.18. The fraction of sp³-hybridized carbons (Fsp3) is 0.556. The smallest absolute Gasteiger partial charge is 0.226 e. The van der Waals surface area contributed by atoms with E-state index < -0.39 is 0 Å². The van der Waals surface area contributed by atoms with Crippen LogP contribution in [-0.4, -0.2) is 54.6 Å². The maximum atomic E-state index is 12.8. The molecule has 1 aromatic carbocycles. The molecule has 2 aromatic rings. The number of hydrogen-bond donors (Lipinski definition) is 1. The van der Waals surface area contributed by atoms with Crippen LogP contribution in [0.15, 0.2) is 24.3 Å². The Hall–Kier alpha value is -1.08. The highest BCUT2D eigenvalue weighted by atomic mass is 35.5. The van der Waals surface area contributed by atoms with Gasteiger partial charge in [-0.15, -0.1) is 24.8 Å². The molecule has 1 atom stereocenters. The van der Waals surface area contributed by atoms with E-state index in [1.807, 2.05) is 6.07 Å². The molecule has 0 saturated carbocycles. The lowest BCUT2D eigenvalue weighted by Gasteiger charge is -2.39. The average molecular weight is 417 g/mol. The first kappa shape index (κ1) is 21.2. The van der Waals surface area contributed by atoms with Crippen molar-refractivity contribution < 1.29 is 4.79 Å². The molecule has 26 heavy (non-hydrogen) atoms. The van der Waals surface area contributed by atoms with Gasteiger partial charge in [0.2, 0.25) is 5.91 Å². The Balaban J connectivity index is 0.00000121. The van der Waals surface area contributed by atoms with Crippen LogP contribution in [0.3, 0.4) is 0 Å². The van der Waals surface area contributed by atoms with Crippen molar-refractivity contribution in [2.75, 3.05) is 37.6 Å². The fourth-order valence-corrected chi connectivity index (χ4v) is 4.73. The van der Waals surface area contributed by atoms with Gasteiger partial charge < -0.3 is 15.1 Å². The van der Waals surface area contributed by atoms with Gasteiger partial charge in [0.25, 0.3) is 0 Å². The van der Waals surface area contributed by atoms with E-state index in [1.54, 1.807) is 11.3 Å². The number of carbonyl (C=O) groups excluding carboxylic acids is 1. The molecular weight excluding hydrogens is 391 g/mol. The Morgan fingerprint density at radius 3 is 2.62 bits per heavy atom. The minimum absolute atomic E-state index is 0. The number of anilines is 1. The van der Waals surface area contributed by atoms with Gasteiger partial charge >= 0.3 is 0 Å². The Morgan fingerprint density at radius 2 is 1.92 bits per heavy atom. The predicted molar refractivity (Wildman–Crippen MR) is 113 cm³/mol. The van der Waals surface area contributed by atoms with E-state index in [-0.39, 0.29) is 30.7 Å². The molecule has 1 amide bonds. The number of nitrogens with zero attached hydrogens (tertiary/aromatic N) is 3. The third-order valence-corrected chi connectivity index (χ3v) is 6.28. The van der Waals surface area contributed by atoms with Crippen LogP contribution >= 0.6 is 36.2 Å². The number of thiazole rings is 1. The van der Waals surface area contributed by atoms with Crippen molar-refractivity contribution in [3.05, 3.63) is 24.3 Å². The summed E-state index contributed by atoms with van der Waals surface area (Å²) in [5, 5.41) is 4.45. The highest BCUT2D eigenvalue weighted by Crippen LogP contribution is 2.31. The Labute approximate surface area is 171 Å². The summed E-state index contributed by atoms with van der Waals surface area (Å²) in [6.07, 6.45) is 1.87. The average Bonchev–Trinajstić information content (AvgIpc) is 3.06. The molecule has 0 unspecified atom stereocenters. The van der Waals surface area contributed by atoms with Gasteiger partial charge in [-0.25, -0.2) is 4.98 Å². The van der Waals surface area contributed by atoms with Crippen molar-refractivity contribution >= 4 is 57.4 Å². The minimum Gasteiger partial charge on any atom is -0.348 e. The van der Waals surface area contributed by atoms with E-state index in [4.69, 9.17) is 4.98 Å². The molecule has 2 aliphatic heterocycles. The van der Waals surface area contributed by atoms with Crippen LogP contribution in [0.5, 0.6) is 0 Å². The van der Waals surface area contributed by atoms with Crippen LogP contribution in [0.2, 0.25) is 0 Å². The van der Waals surface area contributed by atoms with Crippen molar-refractivity contribution in [2.45, 2.75) is 25.8 Å². The first-order chi connectivity index (χ1) is 11.7. The molecule has 1 N–H and O–H groups in total. The Bertz CT molecular complexity index is 700. The van der Waals surface area contributed by atoms with Gasteiger partial charge in [0.1, 0.15) is 0 Å². The van der Waals surface area contributed by atoms with Crippen molar-refractivity contribution in [3.63, 3.8) is 0 Å². The van der Waals surface area contributed by atoms with Crippen LogP contribution in [0, 0.1) is 5.92 Å². The molecule has 5 nitrogen and oxygen atoms in total. The fourth-order valence-electron chi connectivity index (χ4n) is 3.72. The second kappa shape index (κ2) is 9.22. The maximum absolute atomic E-state index is 12.8. The number of carbonyl (C=O) groups is 1. The van der Waals surface area contributed by atoms with Gasteiger partial charge in [-0.1, -0.05) is 23.5 Å². The van der Waals surface area contributed by atoms with Crippen molar-refractivity contribution in [1.29, 1.82) is 0 Å². The number of halogens is 2. The topological polar surface area (TPSA) is 48.5 Å². The monoisotopic (exact) mass is 416 g/mol. The predicted octanol–water partition coefficient (Wildman–Crippen LogP) is 3.18. The molecular formula is C18H26Cl2N4OS. The molecule has 144 valence electrons. The molecule has 0 radical (unpaired) electrons. The molecule has 1 aromatic heterocycles. The van der Waals surface area contributed by atoms with E-state index in [0.717, 1.165) is 56.2 Å². The number of benzene rings is 1. The number of rotatable bonds is 2. The summed E-state index contributed by atoms with van der Waals surface area (Å²) in [7, 11) is 0. The lowest BCUT2D eigenvalue weighted by atomic mass is 9.94. The normalized spacial score (nSPS) is 21.2. The summed E-state index contributed by atoms with van der Waals surface area (Å²) in [6.45, 7) is 6.67. The second-order valence-corrected chi connectivity index (χ2v) is 7.82. The third kappa shape index (κ3) is 4.25. The second-order valence-electron chi connectivity index (χ2n) is 6.81. The first-order valence-electron chi connectivity index (χ1n) is 8.84. The van der Waals surface area contributed by atoms with E-state index in [9.17, 15) is 4.79 Å². The Morgan fingerprint density at radius 1 is 1.19 bits per heavy atom. The van der Waals surface area contributed by atoms with Gasteiger partial charge in [-0.2, -0.15) is 0 Å². The van der Waals surface area contributed by atoms with Crippen molar-refractivity contribution in [1.82, 2.24) is 15.2 Å². The molecule has 0 bridgehead atoms. The lowest BCUT2D eigenvalue weighted by molar-refractivity contribution is -0.139. The number of amides is 1. The number of piperidine rings is 1. The maximum Gasteiger partial charge on any atom is 0.226 e. The summed E-state index contributed by atoms with van der Waals surface area (Å²) < 4.78 is 1.24. The summed E-state index contributed by atoms with van der Waals surface area (Å²) in [6, 6.07) is 8.60. The highest BCUT2D eigenvalue weighted by molar-refractivity contribution is 7.22. The minimum atomic E-state index is 0. The van der Waals surface area contributed by atoms with Crippen molar-refractivity contribution in [2.24, 2.45) is 5.92 Å². The number of fused-ring (bicyclic) bond motifs is 1. The lowest BCUT2D eigenvalue weighted by Crippen LogP contribution is -2.54.